The fourth-order valence-electron chi connectivity index (χ4n) is 2.69. The van der Waals surface area contributed by atoms with Gasteiger partial charge in [0.05, 0.1) is 27.7 Å². The van der Waals surface area contributed by atoms with Crippen molar-refractivity contribution in [3.63, 3.8) is 0 Å². The highest BCUT2D eigenvalue weighted by atomic mass is 19.4. The van der Waals surface area contributed by atoms with Crippen molar-refractivity contribution in [2.45, 2.75) is 6.18 Å². The molecule has 24 heavy (non-hydrogen) atoms. The van der Waals surface area contributed by atoms with E-state index in [0.29, 0.717) is 22.0 Å². The third-order valence-electron chi connectivity index (χ3n) is 3.87. The highest BCUT2D eigenvalue weighted by Crippen LogP contribution is 2.32. The number of hydrogen-bond donors (Lipinski definition) is 1. The Bertz CT molecular complexity index is 1110. The maximum Gasteiger partial charge on any atom is 0.416 e. The number of aromatic amines is 1. The Kier molecular flexibility index (Phi) is 2.99. The summed E-state index contributed by atoms with van der Waals surface area (Å²) in [4.78, 5) is 16.5. The molecule has 0 aliphatic carbocycles. The van der Waals surface area contributed by atoms with E-state index in [2.05, 4.69) is 10.1 Å². The lowest BCUT2D eigenvalue weighted by Crippen LogP contribution is -2.13. The van der Waals surface area contributed by atoms with Crippen molar-refractivity contribution in [2.24, 2.45) is 0 Å². The Morgan fingerprint density at radius 2 is 1.75 bits per heavy atom. The maximum absolute atomic E-state index is 12.8. The van der Waals surface area contributed by atoms with E-state index >= 15 is 0 Å². The summed E-state index contributed by atoms with van der Waals surface area (Å²) in [6, 6.07) is 12.2. The summed E-state index contributed by atoms with van der Waals surface area (Å²) < 4.78 is 39.8. The molecular formula is C17H10F3N3O. The molecule has 0 bridgehead atoms. The molecule has 4 aromatic rings. The Labute approximate surface area is 133 Å². The van der Waals surface area contributed by atoms with Crippen molar-refractivity contribution >= 4 is 21.8 Å². The largest absolute Gasteiger partial charge is 0.416 e. The second-order valence-electron chi connectivity index (χ2n) is 5.36. The van der Waals surface area contributed by atoms with Gasteiger partial charge in [-0.1, -0.05) is 24.3 Å². The van der Waals surface area contributed by atoms with Crippen LogP contribution in [0.5, 0.6) is 0 Å². The van der Waals surface area contributed by atoms with Crippen LogP contribution in [0.3, 0.4) is 0 Å². The van der Waals surface area contributed by atoms with Crippen LogP contribution in [0.4, 0.5) is 13.2 Å². The standard InChI is InChI=1S/C17H10F3N3O/c18-17(19,20)10-6-7-12-14(8-10)21-9-13-15(12)22-23(16(13)24)11-4-2-1-3-5-11/h1-9,22H. The summed E-state index contributed by atoms with van der Waals surface area (Å²) >= 11 is 0. The predicted octanol–water partition coefficient (Wildman–Crippen LogP) is 3.89. The predicted molar refractivity (Wildman–Crippen MR) is 84.2 cm³/mol. The molecule has 2 heterocycles. The van der Waals surface area contributed by atoms with Crippen molar-refractivity contribution in [2.75, 3.05) is 0 Å². The Morgan fingerprint density at radius 3 is 2.46 bits per heavy atom. The molecule has 0 aliphatic heterocycles. The minimum Gasteiger partial charge on any atom is -0.290 e. The van der Waals surface area contributed by atoms with Crippen LogP contribution in [-0.4, -0.2) is 14.8 Å². The fraction of sp³-hybridized carbons (Fsp3) is 0.0588. The highest BCUT2D eigenvalue weighted by molar-refractivity contribution is 6.02. The van der Waals surface area contributed by atoms with Gasteiger partial charge >= 0.3 is 6.18 Å². The SMILES string of the molecule is O=c1c2cnc3cc(C(F)(F)F)ccc3c2[nH]n1-c1ccccc1. The number of rotatable bonds is 1. The van der Waals surface area contributed by atoms with Gasteiger partial charge < -0.3 is 0 Å². The molecule has 0 amide bonds. The second kappa shape index (κ2) is 4.95. The third-order valence-corrected chi connectivity index (χ3v) is 3.87. The molecule has 0 atom stereocenters. The van der Waals surface area contributed by atoms with Crippen LogP contribution in [-0.2, 0) is 6.18 Å². The monoisotopic (exact) mass is 329 g/mol. The first kappa shape index (κ1) is 14.5. The van der Waals surface area contributed by atoms with Gasteiger partial charge in [-0.3, -0.25) is 14.9 Å². The summed E-state index contributed by atoms with van der Waals surface area (Å²) in [5.41, 5.74) is 0.206. The summed E-state index contributed by atoms with van der Waals surface area (Å²) in [7, 11) is 0. The molecule has 2 aromatic carbocycles. The lowest BCUT2D eigenvalue weighted by Gasteiger charge is -2.07. The molecule has 0 unspecified atom stereocenters. The molecule has 7 heteroatoms. The Morgan fingerprint density at radius 1 is 1.00 bits per heavy atom. The molecule has 0 aliphatic rings. The maximum atomic E-state index is 12.8. The summed E-state index contributed by atoms with van der Waals surface area (Å²) in [6.45, 7) is 0. The van der Waals surface area contributed by atoms with Gasteiger partial charge in [0.1, 0.15) is 0 Å². The molecule has 120 valence electrons. The number of alkyl halides is 3. The minimum absolute atomic E-state index is 0.179. The van der Waals surface area contributed by atoms with Gasteiger partial charge in [0.15, 0.2) is 0 Å². The number of hydrogen-bond acceptors (Lipinski definition) is 2. The van der Waals surface area contributed by atoms with Gasteiger partial charge in [0.2, 0.25) is 0 Å². The first-order valence-corrected chi connectivity index (χ1v) is 7.11. The number of fused-ring (bicyclic) bond motifs is 3. The molecule has 0 saturated heterocycles. The van der Waals surface area contributed by atoms with Crippen molar-refractivity contribution in [3.05, 3.63) is 70.6 Å². The number of nitrogens with zero attached hydrogens (tertiary/aromatic N) is 2. The van der Waals surface area contributed by atoms with Crippen LogP contribution in [0.1, 0.15) is 5.56 Å². The zero-order valence-electron chi connectivity index (χ0n) is 12.1. The van der Waals surface area contributed by atoms with Crippen LogP contribution < -0.4 is 5.56 Å². The summed E-state index contributed by atoms with van der Waals surface area (Å²) in [5.74, 6) is 0. The van der Waals surface area contributed by atoms with Crippen LogP contribution >= 0.6 is 0 Å². The molecule has 4 nitrogen and oxygen atoms in total. The number of aromatic nitrogens is 3. The van der Waals surface area contributed by atoms with E-state index in [0.717, 1.165) is 12.1 Å². The molecular weight excluding hydrogens is 319 g/mol. The topological polar surface area (TPSA) is 50.7 Å². The van der Waals surface area contributed by atoms with Crippen molar-refractivity contribution in [1.82, 2.24) is 14.8 Å². The third kappa shape index (κ3) is 2.17. The van der Waals surface area contributed by atoms with Gasteiger partial charge in [-0.15, -0.1) is 0 Å². The highest BCUT2D eigenvalue weighted by Gasteiger charge is 2.30. The zero-order valence-corrected chi connectivity index (χ0v) is 12.1. The Hall–Kier alpha value is -3.09. The van der Waals surface area contributed by atoms with Crippen molar-refractivity contribution < 1.29 is 13.2 Å². The Balaban J connectivity index is 2.01. The molecule has 0 fully saturated rings. The van der Waals surface area contributed by atoms with Gasteiger partial charge in [-0.05, 0) is 24.3 Å². The van der Waals surface area contributed by atoms with E-state index in [9.17, 15) is 18.0 Å². The average molecular weight is 329 g/mol. The smallest absolute Gasteiger partial charge is 0.290 e. The molecule has 0 radical (unpaired) electrons. The van der Waals surface area contributed by atoms with E-state index in [1.807, 2.05) is 6.07 Å². The normalized spacial score (nSPS) is 12.1. The number of H-pyrrole nitrogens is 1. The molecule has 1 N–H and O–H groups in total. The van der Waals surface area contributed by atoms with Crippen molar-refractivity contribution in [3.8, 4) is 5.69 Å². The van der Waals surface area contributed by atoms with Gasteiger partial charge in [0.25, 0.3) is 5.56 Å². The number of halogens is 3. The van der Waals surface area contributed by atoms with E-state index in [1.165, 1.54) is 16.9 Å². The zero-order chi connectivity index (χ0) is 16.9. The number of benzene rings is 2. The average Bonchev–Trinajstić information content (AvgIpc) is 2.92. The summed E-state index contributed by atoms with van der Waals surface area (Å²) in [6.07, 6.45) is -3.13. The number of pyridine rings is 1. The summed E-state index contributed by atoms with van der Waals surface area (Å²) in [5, 5.41) is 3.75. The fourth-order valence-corrected chi connectivity index (χ4v) is 2.69. The number of nitrogens with one attached hydrogen (secondary N) is 1. The molecule has 4 rings (SSSR count). The lowest BCUT2D eigenvalue weighted by molar-refractivity contribution is -0.137. The molecule has 2 aromatic heterocycles. The minimum atomic E-state index is -4.44. The van der Waals surface area contributed by atoms with Crippen molar-refractivity contribution in [1.29, 1.82) is 0 Å². The van der Waals surface area contributed by atoms with Crippen LogP contribution in [0.15, 0.2) is 59.5 Å². The van der Waals surface area contributed by atoms with Crippen LogP contribution in [0.25, 0.3) is 27.5 Å². The number of para-hydroxylation sites is 1. The van der Waals surface area contributed by atoms with E-state index in [4.69, 9.17) is 0 Å². The lowest BCUT2D eigenvalue weighted by atomic mass is 10.1. The van der Waals surface area contributed by atoms with Crippen LogP contribution in [0.2, 0.25) is 0 Å². The van der Waals surface area contributed by atoms with Gasteiger partial charge in [0, 0.05) is 11.6 Å². The van der Waals surface area contributed by atoms with E-state index < -0.39 is 11.7 Å². The molecule has 0 spiro atoms. The van der Waals surface area contributed by atoms with Crippen LogP contribution in [0, 0.1) is 0 Å². The first-order chi connectivity index (χ1) is 11.4. The van der Waals surface area contributed by atoms with Gasteiger partial charge in [-0.25, -0.2) is 4.68 Å². The van der Waals surface area contributed by atoms with E-state index in [1.54, 1.807) is 24.3 Å². The van der Waals surface area contributed by atoms with Gasteiger partial charge in [-0.2, -0.15) is 13.2 Å². The quantitative estimate of drug-likeness (QED) is 0.576. The second-order valence-corrected chi connectivity index (χ2v) is 5.36. The first-order valence-electron chi connectivity index (χ1n) is 7.11. The molecule has 0 saturated carbocycles. The van der Waals surface area contributed by atoms with E-state index in [-0.39, 0.29) is 11.1 Å².